The fourth-order valence-corrected chi connectivity index (χ4v) is 0.635. The molecule has 0 aliphatic rings. The first kappa shape index (κ1) is 8.21. The molecule has 0 amide bonds. The number of carbonyl (C=O) groups excluding carboxylic acids is 1. The van der Waals surface area contributed by atoms with Gasteiger partial charge in [0.15, 0.2) is 5.78 Å². The van der Waals surface area contributed by atoms with Crippen LogP contribution in [0.4, 0.5) is 0 Å². The Morgan fingerprint density at radius 2 is 2.00 bits per heavy atom. The Balaban J connectivity index is 3.97. The van der Waals surface area contributed by atoms with Gasteiger partial charge < -0.3 is 5.73 Å². The number of ketones is 1. The minimum atomic E-state index is 0.153. The summed E-state index contributed by atoms with van der Waals surface area (Å²) in [6, 6.07) is 0. The molecule has 2 heteroatoms. The van der Waals surface area contributed by atoms with Crippen molar-refractivity contribution in [1.82, 2.24) is 0 Å². The van der Waals surface area contributed by atoms with Crippen molar-refractivity contribution in [3.8, 4) is 0 Å². The quantitative estimate of drug-likeness (QED) is 0.579. The van der Waals surface area contributed by atoms with Crippen LogP contribution in [0.1, 0.15) is 26.7 Å². The highest BCUT2D eigenvalue weighted by Crippen LogP contribution is 2.01. The first-order valence-corrected chi connectivity index (χ1v) is 3.20. The summed E-state index contributed by atoms with van der Waals surface area (Å²) in [7, 11) is 0. The molecular formula is C7H13NO. The molecule has 52 valence electrons. The van der Waals surface area contributed by atoms with E-state index in [1.54, 1.807) is 0 Å². The largest absolute Gasteiger partial charge is 0.404 e. The maximum atomic E-state index is 10.8. The van der Waals surface area contributed by atoms with Gasteiger partial charge in [-0.3, -0.25) is 4.79 Å². The van der Waals surface area contributed by atoms with Crippen molar-refractivity contribution in [1.29, 1.82) is 0 Å². The van der Waals surface area contributed by atoms with Gasteiger partial charge in [0.25, 0.3) is 0 Å². The molecule has 0 heterocycles. The van der Waals surface area contributed by atoms with Crippen molar-refractivity contribution in [3.05, 3.63) is 11.8 Å². The molecule has 2 nitrogen and oxygen atoms in total. The van der Waals surface area contributed by atoms with Gasteiger partial charge in [-0.05, 0) is 6.42 Å². The second-order valence-electron chi connectivity index (χ2n) is 1.82. The zero-order chi connectivity index (χ0) is 7.28. The molecule has 0 aliphatic heterocycles. The molecule has 0 aromatic carbocycles. The van der Waals surface area contributed by atoms with Gasteiger partial charge in [0, 0.05) is 18.2 Å². The molecule has 0 atom stereocenters. The zero-order valence-corrected chi connectivity index (χ0v) is 5.98. The SMILES string of the molecule is CCC(=O)C(=CN)CC. The van der Waals surface area contributed by atoms with Crippen LogP contribution in [0.15, 0.2) is 11.8 Å². The summed E-state index contributed by atoms with van der Waals surface area (Å²) in [4.78, 5) is 10.8. The van der Waals surface area contributed by atoms with Crippen molar-refractivity contribution < 1.29 is 4.79 Å². The van der Waals surface area contributed by atoms with Crippen molar-refractivity contribution in [3.63, 3.8) is 0 Å². The first-order valence-electron chi connectivity index (χ1n) is 3.20. The minimum Gasteiger partial charge on any atom is -0.404 e. The van der Waals surface area contributed by atoms with Crippen LogP contribution in [0.3, 0.4) is 0 Å². The average Bonchev–Trinajstić information content (AvgIpc) is 1.90. The van der Waals surface area contributed by atoms with E-state index in [4.69, 9.17) is 5.73 Å². The lowest BCUT2D eigenvalue weighted by Gasteiger charge is -1.96. The Morgan fingerprint density at radius 3 is 2.11 bits per heavy atom. The van der Waals surface area contributed by atoms with Crippen LogP contribution in [0, 0.1) is 0 Å². The molecule has 0 aromatic heterocycles. The van der Waals surface area contributed by atoms with Crippen molar-refractivity contribution in [2.24, 2.45) is 5.73 Å². The third-order valence-electron chi connectivity index (χ3n) is 1.26. The summed E-state index contributed by atoms with van der Waals surface area (Å²) in [5, 5.41) is 0. The lowest BCUT2D eigenvalue weighted by molar-refractivity contribution is -0.115. The molecule has 2 N–H and O–H groups in total. The predicted molar refractivity (Wildman–Crippen MR) is 37.9 cm³/mol. The standard InChI is InChI=1S/C7H13NO/c1-3-6(5-8)7(9)4-2/h5H,3-4,8H2,1-2H3. The van der Waals surface area contributed by atoms with E-state index >= 15 is 0 Å². The van der Waals surface area contributed by atoms with E-state index in [1.807, 2.05) is 13.8 Å². The van der Waals surface area contributed by atoms with Gasteiger partial charge >= 0.3 is 0 Å². The summed E-state index contributed by atoms with van der Waals surface area (Å²) >= 11 is 0. The van der Waals surface area contributed by atoms with E-state index in [2.05, 4.69) is 0 Å². The molecule has 0 spiro atoms. The Hall–Kier alpha value is -0.790. The van der Waals surface area contributed by atoms with Crippen LogP contribution in [-0.4, -0.2) is 5.78 Å². The highest BCUT2D eigenvalue weighted by molar-refractivity contribution is 5.94. The number of nitrogens with two attached hydrogens (primary N) is 1. The lowest BCUT2D eigenvalue weighted by atomic mass is 10.1. The summed E-state index contributed by atoms with van der Waals surface area (Å²) in [5.74, 6) is 0.153. The van der Waals surface area contributed by atoms with Gasteiger partial charge in [-0.15, -0.1) is 0 Å². The van der Waals surface area contributed by atoms with E-state index in [0.29, 0.717) is 6.42 Å². The van der Waals surface area contributed by atoms with E-state index in [0.717, 1.165) is 12.0 Å². The molecule has 9 heavy (non-hydrogen) atoms. The number of hydrogen-bond acceptors (Lipinski definition) is 2. The lowest BCUT2D eigenvalue weighted by Crippen LogP contribution is -2.01. The van der Waals surface area contributed by atoms with Gasteiger partial charge in [0.2, 0.25) is 0 Å². The van der Waals surface area contributed by atoms with Crippen molar-refractivity contribution in [2.75, 3.05) is 0 Å². The monoisotopic (exact) mass is 127 g/mol. The minimum absolute atomic E-state index is 0.153. The van der Waals surface area contributed by atoms with E-state index in [9.17, 15) is 4.79 Å². The highest BCUT2D eigenvalue weighted by atomic mass is 16.1. The summed E-state index contributed by atoms with van der Waals surface area (Å²) in [6.07, 6.45) is 2.69. The molecule has 0 saturated heterocycles. The topological polar surface area (TPSA) is 43.1 Å². The molecule has 0 aliphatic carbocycles. The van der Waals surface area contributed by atoms with Crippen LogP contribution < -0.4 is 5.73 Å². The Labute approximate surface area is 55.7 Å². The van der Waals surface area contributed by atoms with Gasteiger partial charge in [0.05, 0.1) is 0 Å². The molecule has 0 rings (SSSR count). The number of Topliss-reactive ketones (excluding diaryl/α,β-unsaturated/α-hetero) is 1. The summed E-state index contributed by atoms with van der Waals surface area (Å²) in [6.45, 7) is 3.76. The summed E-state index contributed by atoms with van der Waals surface area (Å²) in [5.41, 5.74) is 5.91. The van der Waals surface area contributed by atoms with Crippen LogP contribution in [-0.2, 0) is 4.79 Å². The zero-order valence-electron chi connectivity index (χ0n) is 5.98. The normalized spacial score (nSPS) is 11.6. The maximum absolute atomic E-state index is 10.8. The highest BCUT2D eigenvalue weighted by Gasteiger charge is 2.01. The molecule has 0 unspecified atom stereocenters. The van der Waals surface area contributed by atoms with Crippen molar-refractivity contribution >= 4 is 5.78 Å². The van der Waals surface area contributed by atoms with Gasteiger partial charge in [-0.2, -0.15) is 0 Å². The number of carbonyl (C=O) groups is 1. The second-order valence-corrected chi connectivity index (χ2v) is 1.82. The Morgan fingerprint density at radius 1 is 1.44 bits per heavy atom. The first-order chi connectivity index (χ1) is 4.26. The second kappa shape index (κ2) is 4.13. The average molecular weight is 127 g/mol. The van der Waals surface area contributed by atoms with Gasteiger partial charge in [-0.25, -0.2) is 0 Å². The van der Waals surface area contributed by atoms with Gasteiger partial charge in [0.1, 0.15) is 0 Å². The third-order valence-corrected chi connectivity index (χ3v) is 1.26. The number of hydrogen-bond donors (Lipinski definition) is 1. The molecular weight excluding hydrogens is 114 g/mol. The molecule has 0 radical (unpaired) electrons. The number of allylic oxidation sites excluding steroid dienone is 1. The third kappa shape index (κ3) is 2.31. The molecule has 0 aromatic rings. The fraction of sp³-hybridized carbons (Fsp3) is 0.571. The van der Waals surface area contributed by atoms with Gasteiger partial charge in [-0.1, -0.05) is 13.8 Å². The van der Waals surface area contributed by atoms with Crippen LogP contribution >= 0.6 is 0 Å². The smallest absolute Gasteiger partial charge is 0.160 e. The van der Waals surface area contributed by atoms with Crippen LogP contribution in [0.5, 0.6) is 0 Å². The van der Waals surface area contributed by atoms with Crippen molar-refractivity contribution in [2.45, 2.75) is 26.7 Å². The van der Waals surface area contributed by atoms with Crippen LogP contribution in [0.25, 0.3) is 0 Å². The molecule has 0 bridgehead atoms. The molecule has 0 saturated carbocycles. The fourth-order valence-electron chi connectivity index (χ4n) is 0.635. The van der Waals surface area contributed by atoms with E-state index in [-0.39, 0.29) is 5.78 Å². The van der Waals surface area contributed by atoms with E-state index < -0.39 is 0 Å². The van der Waals surface area contributed by atoms with Crippen LogP contribution in [0.2, 0.25) is 0 Å². The van der Waals surface area contributed by atoms with E-state index in [1.165, 1.54) is 6.20 Å². The Bertz CT molecular complexity index is 127. The maximum Gasteiger partial charge on any atom is 0.160 e. The number of rotatable bonds is 3. The predicted octanol–water partition coefficient (Wildman–Crippen LogP) is 1.22. The Kier molecular flexibility index (Phi) is 3.76. The summed E-state index contributed by atoms with van der Waals surface area (Å²) < 4.78 is 0. The molecule has 0 fully saturated rings.